The molecular weight excluding hydrogens is 992 g/mol. The van der Waals surface area contributed by atoms with E-state index in [1.165, 1.54) is 12.1 Å². The SMILES string of the molecule is [2H]C(C)(C)c1cccc(C([2H])(C)C)c1-n1c(-c2[c-]cccc2)nc2ccc3ccccc3c21.[2H]C([2H])(c1ccc(-c2ccnc(-c3[c-]ccc4c3oc3ccccc34)c2)cc1)C(C)(C)C(F)(F)F.[Ir]. The van der Waals surface area contributed by atoms with Crippen molar-refractivity contribution in [3.05, 3.63) is 187 Å². The maximum Gasteiger partial charge on any atom is 0.394 e. The van der Waals surface area contributed by atoms with Crippen LogP contribution in [0.1, 0.15) is 75.5 Å². The fourth-order valence-electron chi connectivity index (χ4n) is 8.17. The fourth-order valence-corrected chi connectivity index (χ4v) is 8.17. The first-order chi connectivity index (χ1) is 32.2. The average Bonchev–Trinajstić information content (AvgIpc) is 3.90. The first-order valence-corrected chi connectivity index (χ1v) is 21.1. The van der Waals surface area contributed by atoms with Crippen LogP contribution >= 0.6 is 0 Å². The maximum atomic E-state index is 13.5. The molecule has 10 aromatic rings. The summed E-state index contributed by atoms with van der Waals surface area (Å²) >= 11 is 0. The molecule has 0 saturated carbocycles. The largest absolute Gasteiger partial charge is 0.501 e. The van der Waals surface area contributed by atoms with Crippen LogP contribution in [0.25, 0.3) is 83.2 Å². The van der Waals surface area contributed by atoms with Gasteiger partial charge in [-0.1, -0.05) is 150 Å². The van der Waals surface area contributed by atoms with E-state index in [2.05, 4.69) is 45.9 Å². The van der Waals surface area contributed by atoms with Crippen molar-refractivity contribution in [2.75, 3.05) is 0 Å². The second-order valence-electron chi connectivity index (χ2n) is 16.9. The molecule has 0 bridgehead atoms. The topological polar surface area (TPSA) is 43.9 Å². The van der Waals surface area contributed by atoms with Gasteiger partial charge in [-0.15, -0.1) is 54.1 Å². The first-order valence-electron chi connectivity index (χ1n) is 23.1. The Morgan fingerprint density at radius 2 is 1.40 bits per heavy atom. The zero-order valence-electron chi connectivity index (χ0n) is 40.7. The molecule has 0 spiro atoms. The molecule has 1 radical (unpaired) electrons. The van der Waals surface area contributed by atoms with Crippen molar-refractivity contribution in [1.82, 2.24) is 14.5 Å². The minimum atomic E-state index is -4.69. The zero-order valence-corrected chi connectivity index (χ0v) is 39.1. The average molecular weight is 1040 g/mol. The van der Waals surface area contributed by atoms with Crippen molar-refractivity contribution in [3.63, 3.8) is 0 Å². The van der Waals surface area contributed by atoms with Crippen LogP contribution in [0.4, 0.5) is 13.2 Å². The molecule has 0 aliphatic rings. The van der Waals surface area contributed by atoms with E-state index in [4.69, 9.17) is 14.9 Å². The molecule has 0 atom stereocenters. The number of benzene rings is 7. The smallest absolute Gasteiger partial charge is 0.394 e. The number of alkyl halides is 3. The van der Waals surface area contributed by atoms with Gasteiger partial charge in [0.25, 0.3) is 0 Å². The summed E-state index contributed by atoms with van der Waals surface area (Å²) in [5.41, 5.74) is 7.09. The quantitative estimate of drug-likeness (QED) is 0.142. The molecule has 0 saturated heterocycles. The molecule has 0 fully saturated rings. The third-order valence-corrected chi connectivity index (χ3v) is 11.6. The van der Waals surface area contributed by atoms with Crippen molar-refractivity contribution < 1.29 is 43.2 Å². The zero-order chi connectivity index (χ0) is 48.4. The van der Waals surface area contributed by atoms with Crippen molar-refractivity contribution >= 4 is 43.7 Å². The molecule has 0 N–H and O–H groups in total. The van der Waals surface area contributed by atoms with Crippen LogP contribution in [0.2, 0.25) is 0 Å². The van der Waals surface area contributed by atoms with Gasteiger partial charge in [-0.2, -0.15) is 13.2 Å². The summed E-state index contributed by atoms with van der Waals surface area (Å²) < 4.78 is 83.0. The minimum Gasteiger partial charge on any atom is -0.501 e. The summed E-state index contributed by atoms with van der Waals surface area (Å²) in [7, 11) is 0. The van der Waals surface area contributed by atoms with Crippen LogP contribution in [-0.4, -0.2) is 20.7 Å². The van der Waals surface area contributed by atoms with Crippen LogP contribution in [0, 0.1) is 17.5 Å². The summed E-state index contributed by atoms with van der Waals surface area (Å²) in [6.45, 7) is 9.36. The second kappa shape index (κ2) is 18.3. The Balaban J connectivity index is 0.000000184. The van der Waals surface area contributed by atoms with Crippen LogP contribution < -0.4 is 0 Å². The maximum absolute atomic E-state index is 13.5. The molecule has 7 aromatic carbocycles. The molecule has 65 heavy (non-hydrogen) atoms. The number of nitrogens with zero attached hydrogens (tertiary/aromatic N) is 3. The molecule has 10 rings (SSSR count). The number of furan rings is 1. The van der Waals surface area contributed by atoms with E-state index in [0.29, 0.717) is 16.8 Å². The van der Waals surface area contributed by atoms with Crippen LogP contribution in [0.15, 0.2) is 162 Å². The van der Waals surface area contributed by atoms with E-state index in [1.807, 2.05) is 125 Å². The van der Waals surface area contributed by atoms with Crippen molar-refractivity contribution in [1.29, 1.82) is 0 Å². The normalized spacial score (nSPS) is 13.4. The van der Waals surface area contributed by atoms with Gasteiger partial charge in [-0.05, 0) is 75.3 Å². The minimum absolute atomic E-state index is 0. The predicted octanol–water partition coefficient (Wildman–Crippen LogP) is 16.1. The number of pyridine rings is 1. The molecule has 4 nitrogen and oxygen atoms in total. The number of hydrogen-bond acceptors (Lipinski definition) is 3. The molecule has 329 valence electrons. The van der Waals surface area contributed by atoms with E-state index >= 15 is 0 Å². The standard InChI is InChI=1S/C29H27N2.C28H21F3NO.Ir/c1-19(2)23-15-10-16-24(20(3)4)27(23)31-28-25-14-9-8-11-21(25)17-18-26(28)30-29(31)22-12-6-5-7-13-22;1-27(2,28(29,30)31)17-18-10-12-19(13-11-18)20-14-15-32-24(16-20)23-8-5-7-22-21-6-3-4-9-25(21)33-26(22)23;/h5-12,14-20H,1-4H3;3-7,9-16H,17H2,1-2H3;/q2*-1;/i19D,20D;17D2;. The van der Waals surface area contributed by atoms with E-state index in [-0.39, 0.29) is 25.7 Å². The summed E-state index contributed by atoms with van der Waals surface area (Å²) in [5.74, 6) is -0.964. The third kappa shape index (κ3) is 8.78. The number of halogens is 3. The number of rotatable bonds is 8. The van der Waals surface area contributed by atoms with Gasteiger partial charge >= 0.3 is 6.18 Å². The molecule has 3 heterocycles. The first kappa shape index (κ1) is 40.2. The summed E-state index contributed by atoms with van der Waals surface area (Å²) in [4.78, 5) is 9.56. The van der Waals surface area contributed by atoms with Gasteiger partial charge in [0.15, 0.2) is 0 Å². The number of para-hydroxylation sites is 2. The van der Waals surface area contributed by atoms with Gasteiger partial charge in [0.05, 0.1) is 27.9 Å². The van der Waals surface area contributed by atoms with Crippen molar-refractivity contribution in [3.8, 4) is 39.5 Å². The number of aromatic nitrogens is 3. The van der Waals surface area contributed by atoms with Gasteiger partial charge in [0.1, 0.15) is 5.58 Å². The van der Waals surface area contributed by atoms with E-state index in [9.17, 15) is 13.2 Å². The van der Waals surface area contributed by atoms with E-state index < -0.39 is 29.8 Å². The summed E-state index contributed by atoms with van der Waals surface area (Å²) in [6.07, 6.45) is -5.64. The van der Waals surface area contributed by atoms with Gasteiger partial charge < -0.3 is 14.0 Å². The van der Waals surface area contributed by atoms with E-state index in [0.717, 1.165) is 91.3 Å². The second-order valence-corrected chi connectivity index (χ2v) is 16.9. The molecular formula is C57H48F3IrN3O-2. The Kier molecular flexibility index (Phi) is 11.3. The van der Waals surface area contributed by atoms with Crippen LogP contribution in [0.5, 0.6) is 0 Å². The van der Waals surface area contributed by atoms with Crippen molar-refractivity contribution in [2.24, 2.45) is 5.41 Å². The molecule has 0 amide bonds. The van der Waals surface area contributed by atoms with Gasteiger partial charge in [0, 0.05) is 48.2 Å². The molecule has 8 heteroatoms. The van der Waals surface area contributed by atoms with Crippen LogP contribution in [0.3, 0.4) is 0 Å². The number of imidazole rings is 1. The molecule has 0 unspecified atom stereocenters. The Morgan fingerprint density at radius 1 is 0.708 bits per heavy atom. The van der Waals surface area contributed by atoms with Gasteiger partial charge in [0.2, 0.25) is 0 Å². The monoisotopic (exact) mass is 1040 g/mol. The predicted molar refractivity (Wildman–Crippen MR) is 256 cm³/mol. The number of fused-ring (bicyclic) bond motifs is 6. The Hall–Kier alpha value is -6.34. The Morgan fingerprint density at radius 3 is 2.09 bits per heavy atom. The van der Waals surface area contributed by atoms with Crippen LogP contribution in [-0.2, 0) is 26.5 Å². The summed E-state index contributed by atoms with van der Waals surface area (Å²) in [5, 5.41) is 4.18. The molecule has 0 aliphatic heterocycles. The Bertz CT molecular complexity index is 3450. The van der Waals surface area contributed by atoms with Crippen molar-refractivity contribution in [2.45, 2.75) is 65.9 Å². The summed E-state index contributed by atoms with van der Waals surface area (Å²) in [6, 6.07) is 54.1. The van der Waals surface area contributed by atoms with E-state index in [1.54, 1.807) is 24.4 Å². The Labute approximate surface area is 397 Å². The molecule has 0 aliphatic carbocycles. The third-order valence-electron chi connectivity index (χ3n) is 11.6. The number of hydrogen-bond donors (Lipinski definition) is 0. The van der Waals surface area contributed by atoms with Gasteiger partial charge in [-0.25, -0.2) is 0 Å². The fraction of sp³-hybridized carbons (Fsp3) is 0.193. The van der Waals surface area contributed by atoms with Gasteiger partial charge in [-0.3, -0.25) is 4.98 Å². The molecule has 3 aromatic heterocycles.